The Morgan fingerprint density at radius 2 is 1.67 bits per heavy atom. The molecule has 0 saturated heterocycles. The second-order valence-corrected chi connectivity index (χ2v) is 7.84. The number of nitrogens with one attached hydrogen (secondary N) is 3. The summed E-state index contributed by atoms with van der Waals surface area (Å²) in [5, 5.41) is 3.73. The predicted molar refractivity (Wildman–Crippen MR) is 122 cm³/mol. The highest BCUT2D eigenvalue weighted by Gasteiger charge is 2.22. The van der Waals surface area contributed by atoms with E-state index in [1.807, 2.05) is 36.4 Å². The highest BCUT2D eigenvalue weighted by atomic mass is 32.1. The molecule has 160 valence electrons. The van der Waals surface area contributed by atoms with Crippen molar-refractivity contribution in [2.24, 2.45) is 5.92 Å². The zero-order valence-corrected chi connectivity index (χ0v) is 18.0. The van der Waals surface area contributed by atoms with Crippen molar-refractivity contribution in [1.82, 2.24) is 16.2 Å². The molecule has 2 aromatic rings. The number of ether oxygens (including phenoxy) is 2. The maximum atomic E-state index is 12.6. The number of hydrazine groups is 1. The van der Waals surface area contributed by atoms with Gasteiger partial charge in [0.1, 0.15) is 24.7 Å². The first-order chi connectivity index (χ1) is 14.6. The van der Waals surface area contributed by atoms with Crippen molar-refractivity contribution in [3.63, 3.8) is 0 Å². The summed E-state index contributed by atoms with van der Waals surface area (Å²) in [5.41, 5.74) is 5.89. The van der Waals surface area contributed by atoms with Crippen molar-refractivity contribution in [3.8, 4) is 11.5 Å². The third-order valence-corrected chi connectivity index (χ3v) is 5.42. The SMILES string of the molecule is C[C@H]1CCCC[C@@H]1NC(=S)NNC(=O)c1ccccc1OCCOc1ccccc1. The number of amides is 1. The van der Waals surface area contributed by atoms with Crippen LogP contribution in [-0.2, 0) is 0 Å². The zero-order chi connectivity index (χ0) is 21.2. The van der Waals surface area contributed by atoms with Crippen molar-refractivity contribution in [1.29, 1.82) is 0 Å². The fraction of sp³-hybridized carbons (Fsp3) is 0.391. The van der Waals surface area contributed by atoms with E-state index in [-0.39, 0.29) is 5.91 Å². The van der Waals surface area contributed by atoms with E-state index in [1.165, 1.54) is 19.3 Å². The van der Waals surface area contributed by atoms with Gasteiger partial charge in [0.05, 0.1) is 5.56 Å². The molecule has 0 spiro atoms. The second-order valence-electron chi connectivity index (χ2n) is 7.43. The highest BCUT2D eigenvalue weighted by Crippen LogP contribution is 2.23. The number of rotatable bonds is 7. The summed E-state index contributed by atoms with van der Waals surface area (Å²) in [4.78, 5) is 12.6. The molecule has 6 nitrogen and oxygen atoms in total. The summed E-state index contributed by atoms with van der Waals surface area (Å²) in [7, 11) is 0. The number of benzene rings is 2. The smallest absolute Gasteiger partial charge is 0.273 e. The van der Waals surface area contributed by atoms with Crippen molar-refractivity contribution < 1.29 is 14.3 Å². The fourth-order valence-corrected chi connectivity index (χ4v) is 3.73. The second kappa shape index (κ2) is 11.4. The third kappa shape index (κ3) is 6.62. The lowest BCUT2D eigenvalue weighted by atomic mass is 9.86. The Labute approximate surface area is 183 Å². The Bertz CT molecular complexity index is 831. The van der Waals surface area contributed by atoms with Gasteiger partial charge in [-0.05, 0) is 55.2 Å². The average molecular weight is 428 g/mol. The standard InChI is InChI=1S/C23H29N3O3S/c1-17-9-5-7-13-20(17)24-23(30)26-25-22(27)19-12-6-8-14-21(19)29-16-15-28-18-10-3-2-4-11-18/h2-4,6,8,10-12,14,17,20H,5,7,9,13,15-16H2,1H3,(H,25,27)(H2,24,26,30)/t17-,20-/m0/s1. The van der Waals surface area contributed by atoms with Crippen molar-refractivity contribution in [2.45, 2.75) is 38.6 Å². The van der Waals surface area contributed by atoms with E-state index in [0.29, 0.717) is 41.6 Å². The summed E-state index contributed by atoms with van der Waals surface area (Å²) >= 11 is 5.34. The molecule has 1 aliphatic rings. The Morgan fingerprint density at radius 3 is 2.47 bits per heavy atom. The third-order valence-electron chi connectivity index (χ3n) is 5.20. The van der Waals surface area contributed by atoms with Crippen LogP contribution in [0, 0.1) is 5.92 Å². The van der Waals surface area contributed by atoms with Gasteiger partial charge in [-0.15, -0.1) is 0 Å². The molecule has 0 aliphatic heterocycles. The summed E-state index contributed by atoms with van der Waals surface area (Å²) in [6, 6.07) is 17.0. The molecule has 1 amide bonds. The van der Waals surface area contributed by atoms with Crippen LogP contribution in [0.25, 0.3) is 0 Å². The van der Waals surface area contributed by atoms with Gasteiger partial charge < -0.3 is 14.8 Å². The maximum Gasteiger partial charge on any atom is 0.273 e. The molecule has 2 aromatic carbocycles. The normalized spacial score (nSPS) is 18.2. The van der Waals surface area contributed by atoms with E-state index in [9.17, 15) is 4.79 Å². The van der Waals surface area contributed by atoms with Crippen LogP contribution in [0.1, 0.15) is 43.0 Å². The van der Waals surface area contributed by atoms with Gasteiger partial charge in [-0.3, -0.25) is 15.6 Å². The fourth-order valence-electron chi connectivity index (χ4n) is 3.52. The molecular formula is C23H29N3O3S. The van der Waals surface area contributed by atoms with E-state index in [4.69, 9.17) is 21.7 Å². The van der Waals surface area contributed by atoms with Crippen LogP contribution in [0.15, 0.2) is 54.6 Å². The minimum absolute atomic E-state index is 0.310. The average Bonchev–Trinajstić information content (AvgIpc) is 2.78. The Morgan fingerprint density at radius 1 is 0.967 bits per heavy atom. The molecule has 0 heterocycles. The van der Waals surface area contributed by atoms with E-state index in [1.54, 1.807) is 18.2 Å². The molecule has 30 heavy (non-hydrogen) atoms. The number of thiocarbonyl (C=S) groups is 1. The molecule has 3 rings (SSSR count). The van der Waals surface area contributed by atoms with E-state index >= 15 is 0 Å². The molecule has 0 radical (unpaired) electrons. The van der Waals surface area contributed by atoms with Gasteiger partial charge >= 0.3 is 0 Å². The highest BCUT2D eigenvalue weighted by molar-refractivity contribution is 7.80. The lowest BCUT2D eigenvalue weighted by molar-refractivity contribution is 0.0938. The van der Waals surface area contributed by atoms with Crippen LogP contribution in [-0.4, -0.2) is 30.3 Å². The summed E-state index contributed by atoms with van der Waals surface area (Å²) in [6.07, 6.45) is 4.77. The molecule has 0 aromatic heterocycles. The van der Waals surface area contributed by atoms with Gasteiger partial charge in [0, 0.05) is 6.04 Å². The van der Waals surface area contributed by atoms with E-state index in [2.05, 4.69) is 23.1 Å². The van der Waals surface area contributed by atoms with Crippen molar-refractivity contribution in [2.75, 3.05) is 13.2 Å². The quantitative estimate of drug-likeness (QED) is 0.354. The Balaban J connectivity index is 1.45. The predicted octanol–water partition coefficient (Wildman–Crippen LogP) is 3.83. The number of hydrogen-bond acceptors (Lipinski definition) is 4. The lowest BCUT2D eigenvalue weighted by Gasteiger charge is -2.30. The molecule has 0 bridgehead atoms. The van der Waals surface area contributed by atoms with E-state index in [0.717, 1.165) is 12.2 Å². The van der Waals surface area contributed by atoms with Crippen LogP contribution >= 0.6 is 12.2 Å². The molecule has 7 heteroatoms. The summed E-state index contributed by atoms with van der Waals surface area (Å²) < 4.78 is 11.4. The van der Waals surface area contributed by atoms with Gasteiger partial charge in [0.2, 0.25) is 0 Å². The van der Waals surface area contributed by atoms with Gasteiger partial charge in [-0.1, -0.05) is 50.1 Å². The van der Waals surface area contributed by atoms with Crippen LogP contribution in [0.4, 0.5) is 0 Å². The minimum Gasteiger partial charge on any atom is -0.490 e. The molecule has 2 atom stereocenters. The maximum absolute atomic E-state index is 12.6. The molecular weight excluding hydrogens is 398 g/mol. The van der Waals surface area contributed by atoms with Crippen LogP contribution in [0.2, 0.25) is 0 Å². The van der Waals surface area contributed by atoms with Gasteiger partial charge in [-0.25, -0.2) is 0 Å². The molecule has 3 N–H and O–H groups in total. The Hall–Kier alpha value is -2.80. The molecule has 1 fully saturated rings. The van der Waals surface area contributed by atoms with Crippen LogP contribution in [0.3, 0.4) is 0 Å². The minimum atomic E-state index is -0.310. The van der Waals surface area contributed by atoms with Crippen LogP contribution < -0.4 is 25.6 Å². The van der Waals surface area contributed by atoms with Crippen molar-refractivity contribution in [3.05, 3.63) is 60.2 Å². The van der Waals surface area contributed by atoms with Gasteiger partial charge in [-0.2, -0.15) is 0 Å². The Kier molecular flexibility index (Phi) is 8.32. The summed E-state index contributed by atoms with van der Waals surface area (Å²) in [6.45, 7) is 2.94. The monoisotopic (exact) mass is 427 g/mol. The first-order valence-corrected chi connectivity index (χ1v) is 10.8. The molecule has 1 saturated carbocycles. The number of para-hydroxylation sites is 2. The van der Waals surface area contributed by atoms with E-state index < -0.39 is 0 Å². The largest absolute Gasteiger partial charge is 0.490 e. The number of carbonyl (C=O) groups is 1. The first kappa shape index (κ1) is 21.9. The first-order valence-electron chi connectivity index (χ1n) is 10.4. The molecule has 1 aliphatic carbocycles. The summed E-state index contributed by atoms with van der Waals surface area (Å²) in [5.74, 6) is 1.54. The number of hydrogen-bond donors (Lipinski definition) is 3. The van der Waals surface area contributed by atoms with Crippen LogP contribution in [0.5, 0.6) is 11.5 Å². The van der Waals surface area contributed by atoms with Crippen molar-refractivity contribution >= 4 is 23.2 Å². The van der Waals surface area contributed by atoms with Gasteiger partial charge in [0.25, 0.3) is 5.91 Å². The van der Waals surface area contributed by atoms with Gasteiger partial charge in [0.15, 0.2) is 5.11 Å². The lowest BCUT2D eigenvalue weighted by Crippen LogP contribution is -2.51. The zero-order valence-electron chi connectivity index (χ0n) is 17.2. The number of carbonyl (C=O) groups excluding carboxylic acids is 1. The molecule has 0 unspecified atom stereocenters. The topological polar surface area (TPSA) is 71.6 Å².